The Morgan fingerprint density at radius 1 is 1.17 bits per heavy atom. The second-order valence-electron chi connectivity index (χ2n) is 6.83. The average molecular weight is 432 g/mol. The van der Waals surface area contributed by atoms with E-state index in [2.05, 4.69) is 0 Å². The minimum atomic E-state index is -3.67. The molecular weight excluding hydrogens is 410 g/mol. The number of rotatable bonds is 5. The standard InChI is InChI=1S/C21H21NO5S2/c1-15-6-7-17(29(24,25)22-8-10-26-11-9-22)12-19(15)21(23)27-13-16-14-28-20-5-3-2-4-18(16)20/h2-7,12,14H,8-11,13H2,1H3. The van der Waals surface area contributed by atoms with Crippen LogP contribution in [0.5, 0.6) is 0 Å². The molecule has 1 aromatic heterocycles. The summed E-state index contributed by atoms with van der Waals surface area (Å²) in [6, 6.07) is 12.5. The Bertz CT molecular complexity index is 1150. The van der Waals surface area contributed by atoms with Crippen molar-refractivity contribution in [2.75, 3.05) is 26.3 Å². The number of thiophene rings is 1. The maximum Gasteiger partial charge on any atom is 0.338 e. The molecule has 3 aromatic rings. The first-order valence-electron chi connectivity index (χ1n) is 9.27. The molecule has 0 unspecified atom stereocenters. The van der Waals surface area contributed by atoms with E-state index in [-0.39, 0.29) is 17.1 Å². The molecule has 1 aliphatic heterocycles. The van der Waals surface area contributed by atoms with Crippen LogP contribution in [-0.4, -0.2) is 45.0 Å². The number of hydrogen-bond acceptors (Lipinski definition) is 6. The van der Waals surface area contributed by atoms with Crippen LogP contribution < -0.4 is 0 Å². The molecule has 152 valence electrons. The van der Waals surface area contributed by atoms with Gasteiger partial charge in [0.15, 0.2) is 0 Å². The molecule has 8 heteroatoms. The Morgan fingerprint density at radius 2 is 1.93 bits per heavy atom. The van der Waals surface area contributed by atoms with E-state index >= 15 is 0 Å². The van der Waals surface area contributed by atoms with Crippen LogP contribution in [0.3, 0.4) is 0 Å². The van der Waals surface area contributed by atoms with Gasteiger partial charge in [0.2, 0.25) is 10.0 Å². The lowest BCUT2D eigenvalue weighted by atomic mass is 10.1. The van der Waals surface area contributed by atoms with Gasteiger partial charge in [0.1, 0.15) is 6.61 Å². The van der Waals surface area contributed by atoms with Gasteiger partial charge in [-0.1, -0.05) is 24.3 Å². The number of fused-ring (bicyclic) bond motifs is 1. The maximum absolute atomic E-state index is 12.9. The second kappa shape index (κ2) is 8.23. The van der Waals surface area contributed by atoms with Crippen molar-refractivity contribution in [3.63, 3.8) is 0 Å². The highest BCUT2D eigenvalue weighted by Gasteiger charge is 2.27. The molecule has 0 atom stereocenters. The van der Waals surface area contributed by atoms with E-state index in [0.29, 0.717) is 31.9 Å². The zero-order chi connectivity index (χ0) is 20.4. The Hall–Kier alpha value is -2.26. The van der Waals surface area contributed by atoms with Gasteiger partial charge < -0.3 is 9.47 Å². The number of aryl methyl sites for hydroxylation is 1. The summed E-state index contributed by atoms with van der Waals surface area (Å²) < 4.78 is 39.0. The quantitative estimate of drug-likeness (QED) is 0.578. The Balaban J connectivity index is 1.54. The highest BCUT2D eigenvalue weighted by molar-refractivity contribution is 7.89. The van der Waals surface area contributed by atoms with Gasteiger partial charge in [-0.3, -0.25) is 0 Å². The summed E-state index contributed by atoms with van der Waals surface area (Å²) in [6.45, 7) is 3.26. The number of carbonyl (C=O) groups is 1. The Labute approximate surface area is 173 Å². The molecular formula is C21H21NO5S2. The molecule has 1 saturated heterocycles. The first-order chi connectivity index (χ1) is 14.0. The van der Waals surface area contributed by atoms with E-state index < -0.39 is 16.0 Å². The predicted octanol–water partition coefficient (Wildman–Crippen LogP) is 3.59. The van der Waals surface area contributed by atoms with Crippen LogP contribution in [0.25, 0.3) is 10.1 Å². The second-order valence-corrected chi connectivity index (χ2v) is 9.68. The number of benzene rings is 2. The highest BCUT2D eigenvalue weighted by Crippen LogP contribution is 2.27. The zero-order valence-corrected chi connectivity index (χ0v) is 17.6. The number of sulfonamides is 1. The molecule has 0 spiro atoms. The molecule has 0 radical (unpaired) electrons. The van der Waals surface area contributed by atoms with E-state index in [1.165, 1.54) is 16.4 Å². The monoisotopic (exact) mass is 431 g/mol. The number of nitrogens with zero attached hydrogens (tertiary/aromatic N) is 1. The number of ether oxygens (including phenoxy) is 2. The fourth-order valence-corrected chi connectivity index (χ4v) is 5.67. The zero-order valence-electron chi connectivity index (χ0n) is 16.0. The van der Waals surface area contributed by atoms with Crippen molar-refractivity contribution < 1.29 is 22.7 Å². The van der Waals surface area contributed by atoms with Crippen LogP contribution in [0.1, 0.15) is 21.5 Å². The summed E-state index contributed by atoms with van der Waals surface area (Å²) in [6.07, 6.45) is 0. The van der Waals surface area contributed by atoms with Crippen LogP contribution in [0.4, 0.5) is 0 Å². The van der Waals surface area contributed by atoms with Gasteiger partial charge in [-0.25, -0.2) is 13.2 Å². The summed E-state index contributed by atoms with van der Waals surface area (Å²) in [5.74, 6) is -0.531. The summed E-state index contributed by atoms with van der Waals surface area (Å²) in [5, 5.41) is 3.04. The van der Waals surface area contributed by atoms with Crippen molar-refractivity contribution in [2.24, 2.45) is 0 Å². The molecule has 1 fully saturated rings. The van der Waals surface area contributed by atoms with Gasteiger partial charge in [0, 0.05) is 23.4 Å². The van der Waals surface area contributed by atoms with Crippen molar-refractivity contribution in [3.8, 4) is 0 Å². The first-order valence-corrected chi connectivity index (χ1v) is 11.6. The first kappa shape index (κ1) is 20.0. The Morgan fingerprint density at radius 3 is 2.72 bits per heavy atom. The third-order valence-corrected chi connectivity index (χ3v) is 7.86. The Kier molecular flexibility index (Phi) is 5.69. The molecule has 2 heterocycles. The lowest BCUT2D eigenvalue weighted by Crippen LogP contribution is -2.40. The van der Waals surface area contributed by atoms with Gasteiger partial charge in [-0.15, -0.1) is 11.3 Å². The molecule has 1 aliphatic rings. The van der Waals surface area contributed by atoms with Crippen molar-refractivity contribution in [2.45, 2.75) is 18.4 Å². The van der Waals surface area contributed by atoms with E-state index in [9.17, 15) is 13.2 Å². The van der Waals surface area contributed by atoms with Crippen LogP contribution >= 0.6 is 11.3 Å². The summed E-state index contributed by atoms with van der Waals surface area (Å²) in [4.78, 5) is 12.8. The van der Waals surface area contributed by atoms with Crippen LogP contribution in [0.2, 0.25) is 0 Å². The van der Waals surface area contributed by atoms with Crippen molar-refractivity contribution in [3.05, 3.63) is 64.5 Å². The van der Waals surface area contributed by atoms with Crippen LogP contribution in [-0.2, 0) is 26.1 Å². The van der Waals surface area contributed by atoms with E-state index in [4.69, 9.17) is 9.47 Å². The number of hydrogen-bond donors (Lipinski definition) is 0. The average Bonchev–Trinajstić information content (AvgIpc) is 3.16. The molecule has 4 rings (SSSR count). The molecule has 0 aliphatic carbocycles. The summed E-state index contributed by atoms with van der Waals surface area (Å²) >= 11 is 1.60. The van der Waals surface area contributed by atoms with E-state index in [1.807, 2.05) is 29.6 Å². The number of morpholine rings is 1. The third-order valence-electron chi connectivity index (χ3n) is 4.96. The van der Waals surface area contributed by atoms with Crippen molar-refractivity contribution in [1.82, 2.24) is 4.31 Å². The summed E-state index contributed by atoms with van der Waals surface area (Å²) in [7, 11) is -3.67. The van der Waals surface area contributed by atoms with Gasteiger partial charge >= 0.3 is 5.97 Å². The third kappa shape index (κ3) is 4.06. The van der Waals surface area contributed by atoms with E-state index in [1.54, 1.807) is 24.3 Å². The SMILES string of the molecule is Cc1ccc(S(=O)(=O)N2CCOCC2)cc1C(=O)OCc1csc2ccccc12. The van der Waals surface area contributed by atoms with Crippen molar-refractivity contribution >= 4 is 37.4 Å². The number of esters is 1. The lowest BCUT2D eigenvalue weighted by Gasteiger charge is -2.26. The van der Waals surface area contributed by atoms with Crippen LogP contribution in [0, 0.1) is 6.92 Å². The van der Waals surface area contributed by atoms with Gasteiger partial charge in [-0.05, 0) is 41.5 Å². The molecule has 2 aromatic carbocycles. The molecule has 0 amide bonds. The van der Waals surface area contributed by atoms with E-state index in [0.717, 1.165) is 15.6 Å². The minimum Gasteiger partial charge on any atom is -0.457 e. The fourth-order valence-electron chi connectivity index (χ4n) is 3.28. The van der Waals surface area contributed by atoms with Gasteiger partial charge in [0.05, 0.1) is 23.7 Å². The normalized spacial score (nSPS) is 15.5. The molecule has 29 heavy (non-hydrogen) atoms. The van der Waals surface area contributed by atoms with Crippen LogP contribution in [0.15, 0.2) is 52.7 Å². The summed E-state index contributed by atoms with van der Waals surface area (Å²) in [5.41, 5.74) is 1.87. The lowest BCUT2D eigenvalue weighted by molar-refractivity contribution is 0.0473. The molecule has 0 saturated carbocycles. The highest BCUT2D eigenvalue weighted by atomic mass is 32.2. The topological polar surface area (TPSA) is 72.9 Å². The molecule has 0 N–H and O–H groups in total. The molecule has 0 bridgehead atoms. The smallest absolute Gasteiger partial charge is 0.338 e. The van der Waals surface area contributed by atoms with Gasteiger partial charge in [-0.2, -0.15) is 4.31 Å². The van der Waals surface area contributed by atoms with Crippen molar-refractivity contribution in [1.29, 1.82) is 0 Å². The maximum atomic E-state index is 12.9. The minimum absolute atomic E-state index is 0.0953. The molecule has 6 nitrogen and oxygen atoms in total. The van der Waals surface area contributed by atoms with Gasteiger partial charge in [0.25, 0.3) is 0 Å². The largest absolute Gasteiger partial charge is 0.457 e. The fraction of sp³-hybridized carbons (Fsp3) is 0.286. The predicted molar refractivity (Wildman–Crippen MR) is 112 cm³/mol. The number of carbonyl (C=O) groups excluding carboxylic acids is 1.